The molecule has 17 heavy (non-hydrogen) atoms. The molecule has 0 radical (unpaired) electrons. The first-order valence-corrected chi connectivity index (χ1v) is 5.42. The molecule has 0 saturated heterocycles. The van der Waals surface area contributed by atoms with Gasteiger partial charge < -0.3 is 19.8 Å². The van der Waals surface area contributed by atoms with Crippen molar-refractivity contribution in [3.63, 3.8) is 0 Å². The Bertz CT molecular complexity index is 360. The van der Waals surface area contributed by atoms with Crippen LogP contribution in [0.15, 0.2) is 18.2 Å². The molecule has 1 unspecified atom stereocenters. The molecular weight excluding hydrogens is 225 g/mol. The number of benzene rings is 1. The van der Waals surface area contributed by atoms with Gasteiger partial charge in [-0.3, -0.25) is 0 Å². The van der Waals surface area contributed by atoms with E-state index in [4.69, 9.17) is 9.84 Å². The molecule has 0 amide bonds. The smallest absolute Gasteiger partial charge is 0.142 e. The van der Waals surface area contributed by atoms with Crippen molar-refractivity contribution in [1.82, 2.24) is 0 Å². The van der Waals surface area contributed by atoms with Crippen LogP contribution in [0.25, 0.3) is 0 Å². The van der Waals surface area contributed by atoms with Crippen molar-refractivity contribution in [1.29, 1.82) is 0 Å². The lowest BCUT2D eigenvalue weighted by Crippen LogP contribution is -2.35. The zero-order chi connectivity index (χ0) is 12.8. The van der Waals surface area contributed by atoms with Crippen LogP contribution in [0.3, 0.4) is 0 Å². The van der Waals surface area contributed by atoms with Crippen molar-refractivity contribution in [3.05, 3.63) is 24.0 Å². The van der Waals surface area contributed by atoms with Gasteiger partial charge in [0.25, 0.3) is 0 Å². The molecule has 0 fully saturated rings. The summed E-state index contributed by atoms with van der Waals surface area (Å²) in [7, 11) is 3.23. The largest absolute Gasteiger partial charge is 0.495 e. The van der Waals surface area contributed by atoms with Crippen LogP contribution >= 0.6 is 0 Å². The zero-order valence-electron chi connectivity index (χ0n) is 10.1. The number of hydrogen-bond donors (Lipinski definition) is 2. The van der Waals surface area contributed by atoms with E-state index in [0.717, 1.165) is 0 Å². The molecule has 1 aromatic rings. The average molecular weight is 243 g/mol. The molecule has 0 saturated carbocycles. The van der Waals surface area contributed by atoms with Crippen LogP contribution in [0.5, 0.6) is 5.75 Å². The van der Waals surface area contributed by atoms with Crippen molar-refractivity contribution < 1.29 is 19.3 Å². The predicted octanol–water partition coefficient (Wildman–Crippen LogP) is 1.01. The highest BCUT2D eigenvalue weighted by Crippen LogP contribution is 2.29. The maximum atomic E-state index is 13.2. The summed E-state index contributed by atoms with van der Waals surface area (Å²) in [6.45, 7) is -0.149. The van der Waals surface area contributed by atoms with E-state index in [1.807, 2.05) is 0 Å². The molecule has 1 aromatic carbocycles. The fraction of sp³-hybridized carbons (Fsp3) is 0.500. The summed E-state index contributed by atoms with van der Waals surface area (Å²) in [5, 5.41) is 18.1. The number of halogens is 1. The number of ether oxygens (including phenoxy) is 1. The lowest BCUT2D eigenvalue weighted by molar-refractivity contribution is 0.217. The minimum atomic E-state index is -0.367. The summed E-state index contributed by atoms with van der Waals surface area (Å²) in [6, 6.07) is 3.93. The van der Waals surface area contributed by atoms with Crippen molar-refractivity contribution in [2.45, 2.75) is 12.5 Å². The summed E-state index contributed by atoms with van der Waals surface area (Å²) >= 11 is 0. The van der Waals surface area contributed by atoms with E-state index >= 15 is 0 Å². The fourth-order valence-electron chi connectivity index (χ4n) is 1.69. The van der Waals surface area contributed by atoms with Gasteiger partial charge in [-0.05, 0) is 18.6 Å². The molecule has 2 N–H and O–H groups in total. The topological polar surface area (TPSA) is 52.9 Å². The molecular formula is C12H18FNO3. The van der Waals surface area contributed by atoms with Gasteiger partial charge in [0.1, 0.15) is 11.6 Å². The van der Waals surface area contributed by atoms with Crippen molar-refractivity contribution in [3.8, 4) is 5.75 Å². The zero-order valence-corrected chi connectivity index (χ0v) is 10.1. The Balaban J connectivity index is 2.99. The molecule has 1 rings (SSSR count). The number of hydrogen-bond acceptors (Lipinski definition) is 4. The molecule has 0 aromatic heterocycles. The van der Waals surface area contributed by atoms with E-state index in [1.54, 1.807) is 11.9 Å². The van der Waals surface area contributed by atoms with E-state index in [9.17, 15) is 9.50 Å². The first kappa shape index (κ1) is 13.7. The van der Waals surface area contributed by atoms with Gasteiger partial charge in [-0.15, -0.1) is 0 Å². The Labute approximate surface area is 100 Å². The Morgan fingerprint density at radius 2 is 2.12 bits per heavy atom. The normalized spacial score (nSPS) is 12.3. The third-order valence-corrected chi connectivity index (χ3v) is 2.74. The number of anilines is 1. The first-order chi connectivity index (χ1) is 8.13. The summed E-state index contributed by atoms with van der Waals surface area (Å²) in [4.78, 5) is 1.71. The Hall–Kier alpha value is -1.33. The number of likely N-dealkylation sites (N-methyl/N-ethyl adjacent to an activating group) is 1. The molecule has 0 spiro atoms. The van der Waals surface area contributed by atoms with Gasteiger partial charge in [-0.25, -0.2) is 4.39 Å². The third kappa shape index (κ3) is 3.31. The standard InChI is InChI=1S/C12H18FNO3/c1-14(10(8-16)5-6-15)11-7-9(13)3-4-12(11)17-2/h3-4,7,10,15-16H,5-6,8H2,1-2H3. The lowest BCUT2D eigenvalue weighted by Gasteiger charge is -2.29. The molecule has 0 heterocycles. The van der Waals surface area contributed by atoms with E-state index in [2.05, 4.69) is 0 Å². The fourth-order valence-corrected chi connectivity index (χ4v) is 1.69. The molecule has 0 aliphatic heterocycles. The van der Waals surface area contributed by atoms with Crippen molar-refractivity contribution in [2.24, 2.45) is 0 Å². The predicted molar refractivity (Wildman–Crippen MR) is 63.9 cm³/mol. The van der Waals surface area contributed by atoms with Crippen LogP contribution in [0, 0.1) is 5.82 Å². The van der Waals surface area contributed by atoms with Gasteiger partial charge in [-0.1, -0.05) is 0 Å². The highest BCUT2D eigenvalue weighted by molar-refractivity contribution is 5.58. The molecule has 1 atom stereocenters. The summed E-state index contributed by atoms with van der Waals surface area (Å²) < 4.78 is 18.3. The van der Waals surface area contributed by atoms with Crippen LogP contribution in [-0.4, -0.2) is 43.6 Å². The number of nitrogens with zero attached hydrogens (tertiary/aromatic N) is 1. The first-order valence-electron chi connectivity index (χ1n) is 5.42. The van der Waals surface area contributed by atoms with Gasteiger partial charge in [-0.2, -0.15) is 0 Å². The maximum Gasteiger partial charge on any atom is 0.142 e. The van der Waals surface area contributed by atoms with Crippen LogP contribution in [0.2, 0.25) is 0 Å². The molecule has 0 bridgehead atoms. The number of aliphatic hydroxyl groups is 2. The molecule has 4 nitrogen and oxygen atoms in total. The van der Waals surface area contributed by atoms with Gasteiger partial charge in [0, 0.05) is 19.7 Å². The Morgan fingerprint density at radius 1 is 1.41 bits per heavy atom. The molecule has 96 valence electrons. The second-order valence-corrected chi connectivity index (χ2v) is 3.78. The van der Waals surface area contributed by atoms with E-state index in [1.165, 1.54) is 25.3 Å². The lowest BCUT2D eigenvalue weighted by atomic mass is 10.1. The summed E-state index contributed by atoms with van der Waals surface area (Å²) in [5.41, 5.74) is 0.556. The number of aliphatic hydroxyl groups excluding tert-OH is 2. The van der Waals surface area contributed by atoms with Crippen LogP contribution in [0.4, 0.5) is 10.1 Å². The van der Waals surface area contributed by atoms with E-state index < -0.39 is 0 Å². The molecule has 0 aliphatic rings. The van der Waals surface area contributed by atoms with Crippen LogP contribution < -0.4 is 9.64 Å². The minimum Gasteiger partial charge on any atom is -0.495 e. The van der Waals surface area contributed by atoms with Gasteiger partial charge in [0.15, 0.2) is 0 Å². The molecule has 0 aliphatic carbocycles. The second kappa shape index (κ2) is 6.42. The minimum absolute atomic E-state index is 0.0345. The number of rotatable bonds is 6. The Morgan fingerprint density at radius 3 is 2.65 bits per heavy atom. The highest BCUT2D eigenvalue weighted by atomic mass is 19.1. The number of methoxy groups -OCH3 is 1. The third-order valence-electron chi connectivity index (χ3n) is 2.74. The van der Waals surface area contributed by atoms with E-state index in [0.29, 0.717) is 17.9 Å². The van der Waals surface area contributed by atoms with Gasteiger partial charge in [0.05, 0.1) is 25.4 Å². The van der Waals surface area contributed by atoms with Crippen molar-refractivity contribution in [2.75, 3.05) is 32.3 Å². The average Bonchev–Trinajstić information content (AvgIpc) is 2.35. The summed E-state index contributed by atoms with van der Waals surface area (Å²) in [6.07, 6.45) is 0.409. The quantitative estimate of drug-likeness (QED) is 0.783. The van der Waals surface area contributed by atoms with Crippen LogP contribution in [0.1, 0.15) is 6.42 Å². The summed E-state index contributed by atoms with van der Waals surface area (Å²) in [5.74, 6) is 0.165. The van der Waals surface area contributed by atoms with Gasteiger partial charge in [0.2, 0.25) is 0 Å². The highest BCUT2D eigenvalue weighted by Gasteiger charge is 2.17. The van der Waals surface area contributed by atoms with Gasteiger partial charge >= 0.3 is 0 Å². The van der Waals surface area contributed by atoms with Crippen molar-refractivity contribution >= 4 is 5.69 Å². The SMILES string of the molecule is COc1ccc(F)cc1N(C)C(CO)CCO. The van der Waals surface area contributed by atoms with E-state index in [-0.39, 0.29) is 25.1 Å². The van der Waals surface area contributed by atoms with Crippen LogP contribution in [-0.2, 0) is 0 Å². The molecule has 5 heteroatoms. The monoisotopic (exact) mass is 243 g/mol. The second-order valence-electron chi connectivity index (χ2n) is 3.78. The Kier molecular flexibility index (Phi) is 5.18. The maximum absolute atomic E-state index is 13.2.